The number of hydrogen-bond acceptors (Lipinski definition) is 5. The van der Waals surface area contributed by atoms with Crippen LogP contribution in [0.5, 0.6) is 0 Å². The van der Waals surface area contributed by atoms with Gasteiger partial charge in [-0.3, -0.25) is 14.5 Å². The largest absolute Gasteiger partial charge is 0.468 e. The van der Waals surface area contributed by atoms with Crippen LogP contribution >= 0.6 is 23.4 Å². The number of carbonyl (C=O) groups is 2. The summed E-state index contributed by atoms with van der Waals surface area (Å²) in [6, 6.07) is 7.39. The van der Waals surface area contributed by atoms with Gasteiger partial charge in [-0.05, 0) is 17.7 Å². The molecule has 1 atom stereocenters. The molecule has 0 radical (unpaired) electrons. The Labute approximate surface area is 139 Å². The lowest BCUT2D eigenvalue weighted by Crippen LogP contribution is -2.46. The molecule has 0 spiro atoms. The molecule has 1 aliphatic rings. The Morgan fingerprint density at radius 1 is 1.50 bits per heavy atom. The fourth-order valence-electron chi connectivity index (χ4n) is 2.23. The van der Waals surface area contributed by atoms with Gasteiger partial charge in [-0.25, -0.2) is 0 Å². The molecule has 7 heteroatoms. The van der Waals surface area contributed by atoms with Crippen molar-refractivity contribution in [2.75, 3.05) is 32.5 Å². The van der Waals surface area contributed by atoms with Gasteiger partial charge in [-0.1, -0.05) is 23.7 Å². The first-order valence-corrected chi connectivity index (χ1v) is 8.44. The molecule has 0 saturated carbocycles. The number of nitrogens with one attached hydrogen (secondary N) is 1. The number of carbonyl (C=O) groups excluding carboxylic acids is 2. The maximum atomic E-state index is 12.0. The van der Waals surface area contributed by atoms with E-state index in [2.05, 4.69) is 5.32 Å². The van der Waals surface area contributed by atoms with E-state index in [1.54, 1.807) is 17.8 Å². The number of nitrogens with zero attached hydrogens (tertiary/aromatic N) is 1. The first kappa shape index (κ1) is 17.1. The predicted molar refractivity (Wildman–Crippen MR) is 88.0 cm³/mol. The molecule has 1 aromatic rings. The maximum Gasteiger partial charge on any atom is 0.320 e. The second kappa shape index (κ2) is 8.41. The summed E-state index contributed by atoms with van der Waals surface area (Å²) in [5.41, 5.74) is 0.961. The maximum absolute atomic E-state index is 12.0. The van der Waals surface area contributed by atoms with Crippen LogP contribution in [0.4, 0.5) is 0 Å². The zero-order valence-corrected chi connectivity index (χ0v) is 14.0. The molecular formula is C15H19ClN2O3S. The minimum atomic E-state index is -0.228. The fourth-order valence-corrected chi connectivity index (χ4v) is 3.64. The summed E-state index contributed by atoms with van der Waals surface area (Å²) in [5, 5.41) is 3.31. The molecule has 120 valence electrons. The number of thioether (sulfide) groups is 1. The molecule has 1 fully saturated rings. The Morgan fingerprint density at radius 3 is 3.05 bits per heavy atom. The van der Waals surface area contributed by atoms with Crippen LogP contribution in [0.2, 0.25) is 5.02 Å². The molecule has 5 nitrogen and oxygen atoms in total. The molecule has 1 N–H and O–H groups in total. The zero-order chi connectivity index (χ0) is 15.9. The van der Waals surface area contributed by atoms with Crippen LogP contribution < -0.4 is 5.32 Å². The minimum Gasteiger partial charge on any atom is -0.468 e. The Morgan fingerprint density at radius 2 is 2.32 bits per heavy atom. The number of esters is 1. The molecule has 1 aromatic carbocycles. The summed E-state index contributed by atoms with van der Waals surface area (Å²) in [4.78, 5) is 25.5. The second-order valence-corrected chi connectivity index (χ2v) is 6.77. The molecule has 1 aliphatic heterocycles. The van der Waals surface area contributed by atoms with Gasteiger partial charge >= 0.3 is 5.97 Å². The van der Waals surface area contributed by atoms with Crippen molar-refractivity contribution in [2.45, 2.75) is 11.8 Å². The van der Waals surface area contributed by atoms with Crippen LogP contribution in [-0.2, 0) is 20.9 Å². The van der Waals surface area contributed by atoms with Crippen LogP contribution in [0.15, 0.2) is 24.3 Å². The van der Waals surface area contributed by atoms with E-state index < -0.39 is 0 Å². The topological polar surface area (TPSA) is 58.6 Å². The molecule has 0 unspecified atom stereocenters. The van der Waals surface area contributed by atoms with E-state index in [9.17, 15) is 9.59 Å². The third kappa shape index (κ3) is 5.19. The molecular weight excluding hydrogens is 324 g/mol. The Kier molecular flexibility index (Phi) is 6.54. The lowest BCUT2D eigenvalue weighted by molar-refractivity contribution is -0.140. The van der Waals surface area contributed by atoms with Gasteiger partial charge in [0.2, 0.25) is 5.91 Å². The number of hydrogen-bond donors (Lipinski definition) is 1. The van der Waals surface area contributed by atoms with Crippen molar-refractivity contribution in [2.24, 2.45) is 0 Å². The van der Waals surface area contributed by atoms with E-state index in [0.717, 1.165) is 17.9 Å². The third-order valence-corrected chi connectivity index (χ3v) is 4.76. The summed E-state index contributed by atoms with van der Waals surface area (Å²) >= 11 is 7.48. The van der Waals surface area contributed by atoms with Crippen LogP contribution in [0.25, 0.3) is 0 Å². The van der Waals surface area contributed by atoms with Gasteiger partial charge in [0.1, 0.15) is 5.25 Å². The highest BCUT2D eigenvalue weighted by molar-refractivity contribution is 8.00. The highest BCUT2D eigenvalue weighted by atomic mass is 35.5. The minimum absolute atomic E-state index is 0.0597. The summed E-state index contributed by atoms with van der Waals surface area (Å²) in [7, 11) is 1.39. The lowest BCUT2D eigenvalue weighted by atomic mass is 10.2. The number of methoxy groups -OCH3 is 1. The number of ether oxygens (including phenoxy) is 1. The summed E-state index contributed by atoms with van der Waals surface area (Å²) < 4.78 is 4.76. The van der Waals surface area contributed by atoms with Crippen LogP contribution in [-0.4, -0.2) is 54.5 Å². The average molecular weight is 343 g/mol. The predicted octanol–water partition coefficient (Wildman–Crippen LogP) is 1.55. The second-order valence-electron chi connectivity index (χ2n) is 5.02. The number of amides is 1. The van der Waals surface area contributed by atoms with Gasteiger partial charge in [0.25, 0.3) is 0 Å². The molecule has 0 bridgehead atoms. The van der Waals surface area contributed by atoms with Crippen LogP contribution in [0.1, 0.15) is 5.56 Å². The van der Waals surface area contributed by atoms with Crippen molar-refractivity contribution in [3.8, 4) is 0 Å². The van der Waals surface area contributed by atoms with E-state index >= 15 is 0 Å². The molecule has 0 aromatic heterocycles. The van der Waals surface area contributed by atoms with Crippen molar-refractivity contribution in [1.29, 1.82) is 0 Å². The fraction of sp³-hybridized carbons (Fsp3) is 0.467. The van der Waals surface area contributed by atoms with E-state index in [-0.39, 0.29) is 23.7 Å². The van der Waals surface area contributed by atoms with Gasteiger partial charge in [-0.2, -0.15) is 0 Å². The highest BCUT2D eigenvalue weighted by Gasteiger charge is 2.27. The van der Waals surface area contributed by atoms with E-state index in [1.807, 2.05) is 23.1 Å². The van der Waals surface area contributed by atoms with Gasteiger partial charge in [0.05, 0.1) is 13.7 Å². The van der Waals surface area contributed by atoms with Crippen molar-refractivity contribution >= 4 is 35.2 Å². The highest BCUT2D eigenvalue weighted by Crippen LogP contribution is 2.19. The molecule has 1 amide bonds. The van der Waals surface area contributed by atoms with Crippen LogP contribution in [0, 0.1) is 0 Å². The monoisotopic (exact) mass is 342 g/mol. The van der Waals surface area contributed by atoms with Gasteiger partial charge in [0.15, 0.2) is 0 Å². The average Bonchev–Trinajstić information content (AvgIpc) is 2.52. The molecule has 1 heterocycles. The standard InChI is InChI=1S/C15H19ClN2O3S/c1-21-15(20)13-9-18(5-6-22-13)10-14(19)17-8-11-3-2-4-12(16)7-11/h2-4,7,13H,5-6,8-10H2,1H3,(H,17,19)/t13-/m1/s1. The summed E-state index contributed by atoms with van der Waals surface area (Å²) in [5.74, 6) is 0.533. The van der Waals surface area contributed by atoms with E-state index in [1.165, 1.54) is 7.11 Å². The Balaban J connectivity index is 1.78. The normalized spacial score (nSPS) is 18.7. The third-order valence-electron chi connectivity index (χ3n) is 3.36. The summed E-state index contributed by atoms with van der Waals surface area (Å²) in [6.45, 7) is 2.07. The molecule has 22 heavy (non-hydrogen) atoms. The first-order valence-electron chi connectivity index (χ1n) is 7.01. The molecule has 0 aliphatic carbocycles. The smallest absolute Gasteiger partial charge is 0.320 e. The van der Waals surface area contributed by atoms with Crippen LogP contribution in [0.3, 0.4) is 0 Å². The SMILES string of the molecule is COC(=O)[C@H]1CN(CC(=O)NCc2cccc(Cl)c2)CCS1. The molecule has 1 saturated heterocycles. The number of benzene rings is 1. The molecule has 2 rings (SSSR count). The lowest BCUT2D eigenvalue weighted by Gasteiger charge is -2.30. The number of rotatable bonds is 5. The van der Waals surface area contributed by atoms with Crippen molar-refractivity contribution < 1.29 is 14.3 Å². The quantitative estimate of drug-likeness (QED) is 0.823. The van der Waals surface area contributed by atoms with Crippen molar-refractivity contribution in [1.82, 2.24) is 10.2 Å². The number of halogens is 1. The zero-order valence-electron chi connectivity index (χ0n) is 12.4. The van der Waals surface area contributed by atoms with Gasteiger partial charge in [-0.15, -0.1) is 11.8 Å². The summed E-state index contributed by atoms with van der Waals surface area (Å²) in [6.07, 6.45) is 0. The Bertz CT molecular complexity index is 541. The van der Waals surface area contributed by atoms with Gasteiger partial charge < -0.3 is 10.1 Å². The van der Waals surface area contributed by atoms with Gasteiger partial charge in [0, 0.05) is 30.4 Å². The van der Waals surface area contributed by atoms with Crippen molar-refractivity contribution in [3.05, 3.63) is 34.9 Å². The van der Waals surface area contributed by atoms with E-state index in [0.29, 0.717) is 18.1 Å². The van der Waals surface area contributed by atoms with E-state index in [4.69, 9.17) is 16.3 Å². The Hall–Kier alpha value is -1.24. The van der Waals surface area contributed by atoms with Crippen molar-refractivity contribution in [3.63, 3.8) is 0 Å². The first-order chi connectivity index (χ1) is 10.6.